The fraction of sp³-hybridized carbons (Fsp3) is 0.364. The number of amides is 2. The minimum Gasteiger partial charge on any atom is -0.490 e. The zero-order valence-electron chi connectivity index (χ0n) is 18.4. The van der Waals surface area contributed by atoms with Gasteiger partial charge in [0.1, 0.15) is 12.4 Å². The van der Waals surface area contributed by atoms with E-state index in [0.717, 1.165) is 6.07 Å². The second kappa shape index (κ2) is 11.4. The van der Waals surface area contributed by atoms with Gasteiger partial charge in [-0.25, -0.2) is 4.39 Å². The molecule has 3 N–H and O–H groups in total. The maximum Gasteiger partial charge on any atom is 0.405 e. The van der Waals surface area contributed by atoms with E-state index < -0.39 is 30.4 Å². The second-order valence-electron chi connectivity index (χ2n) is 6.86. The van der Waals surface area contributed by atoms with E-state index in [1.165, 1.54) is 13.0 Å². The number of hydrogen-bond acceptors (Lipinski definition) is 5. The molecule has 0 spiro atoms. The fourth-order valence-corrected chi connectivity index (χ4v) is 2.79. The summed E-state index contributed by atoms with van der Waals surface area (Å²) in [6, 6.07) is 6.90. The normalized spacial score (nSPS) is 11.0. The number of ether oxygens (including phenoxy) is 2. The highest BCUT2D eigenvalue weighted by Crippen LogP contribution is 2.30. The fourth-order valence-electron chi connectivity index (χ4n) is 2.79. The van der Waals surface area contributed by atoms with Gasteiger partial charge in [0.05, 0.1) is 19.8 Å². The second-order valence-corrected chi connectivity index (χ2v) is 6.86. The third-order valence-electron chi connectivity index (χ3n) is 4.32. The molecule has 2 aromatic carbocycles. The van der Waals surface area contributed by atoms with Gasteiger partial charge in [-0.05, 0) is 45.0 Å². The first-order valence-electron chi connectivity index (χ1n) is 10.1. The van der Waals surface area contributed by atoms with Crippen LogP contribution in [0.2, 0.25) is 0 Å². The number of alkyl halides is 3. The molecule has 0 saturated heterocycles. The maximum absolute atomic E-state index is 14.2. The summed E-state index contributed by atoms with van der Waals surface area (Å²) in [7, 11) is 0. The van der Waals surface area contributed by atoms with E-state index in [2.05, 4.69) is 10.6 Å². The van der Waals surface area contributed by atoms with Crippen LogP contribution < -0.4 is 25.4 Å². The minimum atomic E-state index is -4.60. The Morgan fingerprint density at radius 3 is 2.30 bits per heavy atom. The standard InChI is InChI=1S/C22H25F4N3O4/c1-4-32-18-7-6-15(10-19(18)33-5-2)29-20(30)11-27-17-9-14(8-16(23)13(17)3)21(31)28-12-22(24,25)26/h6-10,27H,4-5,11-12H2,1-3H3,(H,28,31)(H,29,30). The molecule has 0 aliphatic heterocycles. The van der Waals surface area contributed by atoms with Crippen LogP contribution in [0.3, 0.4) is 0 Å². The number of carbonyl (C=O) groups is 2. The van der Waals surface area contributed by atoms with Crippen molar-refractivity contribution >= 4 is 23.2 Å². The minimum absolute atomic E-state index is 0.101. The van der Waals surface area contributed by atoms with Crippen LogP contribution >= 0.6 is 0 Å². The lowest BCUT2D eigenvalue weighted by atomic mass is 10.1. The monoisotopic (exact) mass is 471 g/mol. The van der Waals surface area contributed by atoms with Crippen molar-refractivity contribution in [1.82, 2.24) is 5.32 Å². The van der Waals surface area contributed by atoms with E-state index in [1.807, 2.05) is 13.8 Å². The van der Waals surface area contributed by atoms with Crippen LogP contribution in [0.1, 0.15) is 29.8 Å². The highest BCUT2D eigenvalue weighted by molar-refractivity contribution is 5.96. The van der Waals surface area contributed by atoms with Gasteiger partial charge in [-0.2, -0.15) is 13.2 Å². The van der Waals surface area contributed by atoms with Crippen molar-refractivity contribution in [2.75, 3.05) is 36.9 Å². The Labute approximate surface area is 188 Å². The average Bonchev–Trinajstić information content (AvgIpc) is 2.74. The Morgan fingerprint density at radius 2 is 1.67 bits per heavy atom. The average molecular weight is 471 g/mol. The summed E-state index contributed by atoms with van der Waals surface area (Å²) in [5, 5.41) is 7.04. The molecule has 0 fully saturated rings. The first-order valence-corrected chi connectivity index (χ1v) is 10.1. The largest absolute Gasteiger partial charge is 0.490 e. The van der Waals surface area contributed by atoms with Gasteiger partial charge in [0.2, 0.25) is 5.91 Å². The van der Waals surface area contributed by atoms with Crippen LogP contribution in [0.25, 0.3) is 0 Å². The summed E-state index contributed by atoms with van der Waals surface area (Å²) >= 11 is 0. The van der Waals surface area contributed by atoms with Crippen molar-refractivity contribution in [3.05, 3.63) is 47.3 Å². The number of nitrogens with one attached hydrogen (secondary N) is 3. The summed E-state index contributed by atoms with van der Waals surface area (Å²) < 4.78 is 62.1. The number of carbonyl (C=O) groups excluding carboxylic acids is 2. The van der Waals surface area contributed by atoms with Gasteiger partial charge in [0.15, 0.2) is 11.5 Å². The predicted octanol–water partition coefficient (Wildman–Crippen LogP) is 4.27. The van der Waals surface area contributed by atoms with Crippen molar-refractivity contribution in [3.63, 3.8) is 0 Å². The number of anilines is 2. The number of benzene rings is 2. The zero-order chi connectivity index (χ0) is 24.6. The molecule has 0 aliphatic carbocycles. The molecule has 0 aliphatic rings. The Morgan fingerprint density at radius 1 is 1.00 bits per heavy atom. The highest BCUT2D eigenvalue weighted by atomic mass is 19.4. The molecule has 7 nitrogen and oxygen atoms in total. The third kappa shape index (κ3) is 7.85. The molecule has 2 aromatic rings. The van der Waals surface area contributed by atoms with Gasteiger partial charge in [0.25, 0.3) is 5.91 Å². The first kappa shape index (κ1) is 25.8. The molecule has 33 heavy (non-hydrogen) atoms. The lowest BCUT2D eigenvalue weighted by Crippen LogP contribution is -2.33. The van der Waals surface area contributed by atoms with E-state index in [4.69, 9.17) is 9.47 Å². The van der Waals surface area contributed by atoms with Crippen molar-refractivity contribution in [3.8, 4) is 11.5 Å². The van der Waals surface area contributed by atoms with E-state index in [0.29, 0.717) is 30.4 Å². The molecule has 2 amide bonds. The molecule has 0 atom stereocenters. The number of hydrogen-bond donors (Lipinski definition) is 3. The van der Waals surface area contributed by atoms with Gasteiger partial charge in [-0.3, -0.25) is 9.59 Å². The van der Waals surface area contributed by atoms with Gasteiger partial charge >= 0.3 is 6.18 Å². The molecular formula is C22H25F4N3O4. The lowest BCUT2D eigenvalue weighted by molar-refractivity contribution is -0.123. The smallest absolute Gasteiger partial charge is 0.405 e. The van der Waals surface area contributed by atoms with Gasteiger partial charge in [-0.1, -0.05) is 0 Å². The van der Waals surface area contributed by atoms with Crippen LogP contribution in [0.5, 0.6) is 11.5 Å². The third-order valence-corrected chi connectivity index (χ3v) is 4.32. The van der Waals surface area contributed by atoms with E-state index >= 15 is 0 Å². The summed E-state index contributed by atoms with van der Waals surface area (Å²) in [4.78, 5) is 24.3. The molecule has 0 bridgehead atoms. The topological polar surface area (TPSA) is 88.7 Å². The predicted molar refractivity (Wildman–Crippen MR) is 115 cm³/mol. The summed E-state index contributed by atoms with van der Waals surface area (Å²) in [6.07, 6.45) is -4.60. The van der Waals surface area contributed by atoms with Crippen molar-refractivity contribution in [2.24, 2.45) is 0 Å². The SMILES string of the molecule is CCOc1ccc(NC(=O)CNc2cc(C(=O)NCC(F)(F)F)cc(F)c2C)cc1OCC. The Kier molecular flexibility index (Phi) is 8.89. The van der Waals surface area contributed by atoms with E-state index in [9.17, 15) is 27.2 Å². The van der Waals surface area contributed by atoms with Crippen LogP contribution in [0.4, 0.5) is 28.9 Å². The van der Waals surface area contributed by atoms with Crippen molar-refractivity contribution in [2.45, 2.75) is 26.9 Å². The summed E-state index contributed by atoms with van der Waals surface area (Å²) in [6.45, 7) is 4.06. The molecule has 180 valence electrons. The molecule has 0 heterocycles. The highest BCUT2D eigenvalue weighted by Gasteiger charge is 2.28. The molecule has 11 heteroatoms. The molecule has 0 unspecified atom stereocenters. The summed E-state index contributed by atoms with van der Waals surface area (Å²) in [5.41, 5.74) is 0.342. The van der Waals surface area contributed by atoms with E-state index in [1.54, 1.807) is 23.5 Å². The van der Waals surface area contributed by atoms with Gasteiger partial charge < -0.3 is 25.4 Å². The Bertz CT molecular complexity index is 996. The van der Waals surface area contributed by atoms with E-state index in [-0.39, 0.29) is 23.4 Å². The molecule has 0 aromatic heterocycles. The van der Waals surface area contributed by atoms with Gasteiger partial charge in [-0.15, -0.1) is 0 Å². The molecule has 0 saturated carbocycles. The van der Waals surface area contributed by atoms with Crippen LogP contribution in [0, 0.1) is 12.7 Å². The number of rotatable bonds is 10. The lowest BCUT2D eigenvalue weighted by Gasteiger charge is -2.15. The quantitative estimate of drug-likeness (QED) is 0.451. The van der Waals surface area contributed by atoms with Gasteiger partial charge in [0, 0.05) is 28.6 Å². The summed E-state index contributed by atoms with van der Waals surface area (Å²) in [5.74, 6) is -1.38. The Balaban J connectivity index is 2.06. The first-order chi connectivity index (χ1) is 15.5. The molecule has 0 radical (unpaired) electrons. The van der Waals surface area contributed by atoms with Crippen molar-refractivity contribution < 1.29 is 36.6 Å². The van der Waals surface area contributed by atoms with Crippen LogP contribution in [0.15, 0.2) is 30.3 Å². The Hall–Kier alpha value is -3.50. The molecule has 2 rings (SSSR count). The molecular weight excluding hydrogens is 446 g/mol. The van der Waals surface area contributed by atoms with Crippen LogP contribution in [-0.2, 0) is 4.79 Å². The maximum atomic E-state index is 14.2. The zero-order valence-corrected chi connectivity index (χ0v) is 18.4. The van der Waals surface area contributed by atoms with Crippen molar-refractivity contribution in [1.29, 1.82) is 0 Å². The number of halogens is 4. The van der Waals surface area contributed by atoms with Crippen LogP contribution in [-0.4, -0.2) is 44.3 Å².